The van der Waals surface area contributed by atoms with Crippen LogP contribution in [0.25, 0.3) is 11.4 Å². The average Bonchev–Trinajstić information content (AvgIpc) is 2.88. The van der Waals surface area contributed by atoms with Gasteiger partial charge in [-0.3, -0.25) is 0 Å². The van der Waals surface area contributed by atoms with Crippen molar-refractivity contribution in [1.82, 2.24) is 9.90 Å². The zero-order valence-corrected chi connectivity index (χ0v) is 12.5. The van der Waals surface area contributed by atoms with Crippen molar-refractivity contribution in [3.8, 4) is 11.4 Å². The maximum atomic E-state index is 4.56. The van der Waals surface area contributed by atoms with Crippen LogP contribution in [-0.2, 0) is 27.1 Å². The third kappa shape index (κ3) is 2.99. The van der Waals surface area contributed by atoms with Gasteiger partial charge >= 0.3 is 0 Å². The van der Waals surface area contributed by atoms with Gasteiger partial charge < -0.3 is 0 Å². The molecule has 0 unspecified atom stereocenters. The molecule has 0 aliphatic heterocycles. The van der Waals surface area contributed by atoms with Crippen molar-refractivity contribution >= 4 is 0 Å². The Kier molecular flexibility index (Phi) is 3.77. The van der Waals surface area contributed by atoms with Gasteiger partial charge in [0.2, 0.25) is 0 Å². The van der Waals surface area contributed by atoms with Gasteiger partial charge in [0.05, 0.1) is 5.21 Å². The topological polar surface area (TPSA) is 25.6 Å². The van der Waals surface area contributed by atoms with E-state index in [9.17, 15) is 0 Å². The molecule has 0 fully saturated rings. The molecule has 0 saturated heterocycles. The summed E-state index contributed by atoms with van der Waals surface area (Å²) in [6.07, 6.45) is 5.15. The largest absolute Gasteiger partial charge is 0.261 e. The van der Waals surface area contributed by atoms with Crippen LogP contribution >= 0.6 is 0 Å². The van der Waals surface area contributed by atoms with Crippen LogP contribution in [0.5, 0.6) is 0 Å². The maximum absolute atomic E-state index is 4.56. The van der Waals surface area contributed by atoms with Gasteiger partial charge in [0.15, 0.2) is 12.4 Å². The number of rotatable bonds is 4. The molecule has 1 aromatic carbocycles. The molecule has 2 heterocycles. The Balaban J connectivity index is 1.80. The van der Waals surface area contributed by atoms with Gasteiger partial charge in [-0.05, 0) is 11.6 Å². The summed E-state index contributed by atoms with van der Waals surface area (Å²) in [4.78, 5) is 0. The van der Waals surface area contributed by atoms with Crippen LogP contribution < -0.4 is 9.25 Å². The molecule has 0 saturated carbocycles. The molecule has 0 atom stereocenters. The minimum atomic E-state index is 0.883. The van der Waals surface area contributed by atoms with E-state index in [2.05, 4.69) is 65.6 Å². The Morgan fingerprint density at radius 1 is 1.05 bits per heavy atom. The van der Waals surface area contributed by atoms with E-state index in [0.29, 0.717) is 0 Å². The number of pyridine rings is 1. The standard InChI is InChI=1S/C17H20N4/c1-19-12-7-6-10-16(19)17-14-21(18-20(17)2)13-11-15-8-4-3-5-9-15/h3-10,12,14H,11,13H2,1-2H3/q+2. The lowest BCUT2D eigenvalue weighted by molar-refractivity contribution is -0.754. The average molecular weight is 280 g/mol. The van der Waals surface area contributed by atoms with Crippen LogP contribution in [0.1, 0.15) is 5.56 Å². The number of aryl methyl sites for hydroxylation is 4. The molecule has 3 rings (SSSR count). The van der Waals surface area contributed by atoms with Gasteiger partial charge in [0.25, 0.3) is 11.4 Å². The monoisotopic (exact) mass is 280 g/mol. The molecule has 0 N–H and O–H groups in total. The maximum Gasteiger partial charge on any atom is 0.261 e. The molecule has 106 valence electrons. The quantitative estimate of drug-likeness (QED) is 0.664. The second kappa shape index (κ2) is 5.87. The van der Waals surface area contributed by atoms with E-state index >= 15 is 0 Å². The summed E-state index contributed by atoms with van der Waals surface area (Å²) in [5.41, 5.74) is 3.61. The third-order valence-electron chi connectivity index (χ3n) is 3.66. The first-order valence-electron chi connectivity index (χ1n) is 7.17. The molecular weight excluding hydrogens is 260 g/mol. The van der Waals surface area contributed by atoms with Crippen molar-refractivity contribution in [2.24, 2.45) is 14.1 Å². The van der Waals surface area contributed by atoms with Crippen molar-refractivity contribution in [3.63, 3.8) is 0 Å². The van der Waals surface area contributed by atoms with Crippen molar-refractivity contribution in [1.29, 1.82) is 0 Å². The molecule has 0 aliphatic rings. The number of hydrogen-bond acceptors (Lipinski definition) is 1. The second-order valence-corrected chi connectivity index (χ2v) is 5.22. The van der Waals surface area contributed by atoms with Gasteiger partial charge in [-0.25, -0.2) is 0 Å². The summed E-state index contributed by atoms with van der Waals surface area (Å²) in [7, 11) is 4.04. The fourth-order valence-corrected chi connectivity index (χ4v) is 2.49. The molecule has 21 heavy (non-hydrogen) atoms. The third-order valence-corrected chi connectivity index (χ3v) is 3.66. The first-order valence-corrected chi connectivity index (χ1v) is 7.17. The molecule has 0 bridgehead atoms. The highest BCUT2D eigenvalue weighted by atomic mass is 15.5. The van der Waals surface area contributed by atoms with Crippen LogP contribution in [0.15, 0.2) is 60.9 Å². The Bertz CT molecular complexity index is 732. The number of nitrogens with zero attached hydrogens (tertiary/aromatic N) is 4. The molecule has 4 nitrogen and oxygen atoms in total. The summed E-state index contributed by atoms with van der Waals surface area (Å²) in [5, 5.41) is 4.56. The Morgan fingerprint density at radius 2 is 1.81 bits per heavy atom. The highest BCUT2D eigenvalue weighted by molar-refractivity contribution is 5.47. The molecule has 2 aromatic heterocycles. The van der Waals surface area contributed by atoms with E-state index in [0.717, 1.165) is 24.4 Å². The summed E-state index contributed by atoms with van der Waals surface area (Å²) < 4.78 is 6.05. The van der Waals surface area contributed by atoms with E-state index < -0.39 is 0 Å². The minimum absolute atomic E-state index is 0.883. The zero-order chi connectivity index (χ0) is 14.7. The van der Waals surface area contributed by atoms with Gasteiger partial charge in [-0.1, -0.05) is 30.3 Å². The lowest BCUT2D eigenvalue weighted by Gasteiger charge is -1.96. The van der Waals surface area contributed by atoms with Crippen molar-refractivity contribution in [3.05, 3.63) is 66.5 Å². The van der Waals surface area contributed by atoms with Crippen molar-refractivity contribution < 1.29 is 9.25 Å². The van der Waals surface area contributed by atoms with Crippen molar-refractivity contribution in [2.75, 3.05) is 0 Å². The summed E-state index contributed by atoms with van der Waals surface area (Å²) >= 11 is 0. The molecule has 0 radical (unpaired) electrons. The normalized spacial score (nSPS) is 10.8. The van der Waals surface area contributed by atoms with Crippen LogP contribution in [0.2, 0.25) is 0 Å². The fourth-order valence-electron chi connectivity index (χ4n) is 2.49. The molecule has 0 aliphatic carbocycles. The molecule has 3 aromatic rings. The molecular formula is C17H20N4+2. The van der Waals surface area contributed by atoms with E-state index in [4.69, 9.17) is 0 Å². The predicted octanol–water partition coefficient (Wildman–Crippen LogP) is 1.44. The van der Waals surface area contributed by atoms with Crippen LogP contribution in [0, 0.1) is 0 Å². The minimum Gasteiger partial charge on any atom is -0.198 e. The van der Waals surface area contributed by atoms with Gasteiger partial charge in [0.1, 0.15) is 20.6 Å². The Hall–Kier alpha value is -2.49. The van der Waals surface area contributed by atoms with Gasteiger partial charge in [-0.15, -0.1) is 9.36 Å². The highest BCUT2D eigenvalue weighted by Gasteiger charge is 2.21. The van der Waals surface area contributed by atoms with E-state index in [-0.39, 0.29) is 0 Å². The zero-order valence-electron chi connectivity index (χ0n) is 12.5. The van der Waals surface area contributed by atoms with Gasteiger partial charge in [0, 0.05) is 18.6 Å². The lowest BCUT2D eigenvalue weighted by atomic mass is 10.1. The van der Waals surface area contributed by atoms with Crippen LogP contribution in [0.3, 0.4) is 0 Å². The second-order valence-electron chi connectivity index (χ2n) is 5.22. The van der Waals surface area contributed by atoms with Crippen LogP contribution in [0.4, 0.5) is 0 Å². The first-order chi connectivity index (χ1) is 10.2. The van der Waals surface area contributed by atoms with E-state index in [1.165, 1.54) is 5.56 Å². The van der Waals surface area contributed by atoms with E-state index in [1.54, 1.807) is 0 Å². The lowest BCUT2D eigenvalue weighted by Crippen LogP contribution is -2.37. The summed E-state index contributed by atoms with van der Waals surface area (Å²) in [6, 6.07) is 16.7. The van der Waals surface area contributed by atoms with Crippen molar-refractivity contribution in [2.45, 2.75) is 13.0 Å². The number of hydrogen-bond donors (Lipinski definition) is 0. The van der Waals surface area contributed by atoms with Gasteiger partial charge in [-0.2, -0.15) is 4.57 Å². The van der Waals surface area contributed by atoms with E-state index in [1.807, 2.05) is 28.5 Å². The molecule has 0 amide bonds. The summed E-state index contributed by atoms with van der Waals surface area (Å²) in [5.74, 6) is 0. The molecule has 0 spiro atoms. The number of benzene rings is 1. The fraction of sp³-hybridized carbons (Fsp3) is 0.235. The number of aromatic nitrogens is 4. The SMILES string of the molecule is Cn1n[n+](CCc2ccccc2)cc1-c1cccc[n+]1C. The smallest absolute Gasteiger partial charge is 0.198 e. The molecule has 4 heteroatoms. The summed E-state index contributed by atoms with van der Waals surface area (Å²) in [6.45, 7) is 0.883. The van der Waals surface area contributed by atoms with Crippen LogP contribution in [-0.4, -0.2) is 9.90 Å². The predicted molar refractivity (Wildman–Crippen MR) is 80.2 cm³/mol. The Labute approximate surface area is 124 Å². The first kappa shape index (κ1) is 13.5. The Morgan fingerprint density at radius 3 is 2.57 bits per heavy atom. The highest BCUT2D eigenvalue weighted by Crippen LogP contribution is 2.10.